The summed E-state index contributed by atoms with van der Waals surface area (Å²) >= 11 is 0. The molecule has 0 saturated heterocycles. The summed E-state index contributed by atoms with van der Waals surface area (Å²) in [6, 6.07) is 25.5. The Kier molecular flexibility index (Phi) is 7.47. The molecule has 0 amide bonds. The van der Waals surface area contributed by atoms with Gasteiger partial charge in [0.15, 0.2) is 0 Å². The van der Waals surface area contributed by atoms with Gasteiger partial charge in [-0.15, -0.1) is 0 Å². The highest BCUT2D eigenvalue weighted by Crippen LogP contribution is 2.26. The van der Waals surface area contributed by atoms with E-state index in [0.29, 0.717) is 23.6 Å². The van der Waals surface area contributed by atoms with Crippen LogP contribution in [0.15, 0.2) is 116 Å². The number of anilines is 1. The van der Waals surface area contributed by atoms with Crippen LogP contribution in [-0.4, -0.2) is 18.1 Å². The van der Waals surface area contributed by atoms with E-state index in [-0.39, 0.29) is 10.6 Å². The minimum absolute atomic E-state index is 0.194. The summed E-state index contributed by atoms with van der Waals surface area (Å²) in [5.41, 5.74) is 5.38. The lowest BCUT2D eigenvalue weighted by molar-refractivity contribution is 0.475. The molecule has 9 nitrogen and oxygen atoms in total. The first-order chi connectivity index (χ1) is 17.3. The van der Waals surface area contributed by atoms with E-state index in [2.05, 4.69) is 25.8 Å². The molecule has 4 aromatic carbocycles. The Morgan fingerprint density at radius 1 is 0.722 bits per heavy atom. The third-order valence-electron chi connectivity index (χ3n) is 5.17. The van der Waals surface area contributed by atoms with Crippen LogP contribution in [0.2, 0.25) is 0 Å². The number of phenols is 1. The number of hydrogen-bond donors (Lipinski definition) is 3. The van der Waals surface area contributed by atoms with E-state index in [0.717, 1.165) is 22.5 Å². The van der Waals surface area contributed by atoms with Crippen LogP contribution in [0.3, 0.4) is 0 Å². The number of hydrogen-bond acceptors (Lipinski definition) is 8. The topological polar surface area (TPSA) is 136 Å². The van der Waals surface area contributed by atoms with Crippen molar-refractivity contribution in [3.63, 3.8) is 0 Å². The summed E-state index contributed by atoms with van der Waals surface area (Å²) in [6.07, 6.45) is 0. The van der Waals surface area contributed by atoms with Gasteiger partial charge in [0.2, 0.25) is 0 Å². The first-order valence-electron chi connectivity index (χ1n) is 10.9. The van der Waals surface area contributed by atoms with Crippen molar-refractivity contribution in [3.8, 4) is 5.75 Å². The van der Waals surface area contributed by atoms with Gasteiger partial charge in [0.25, 0.3) is 10.1 Å². The molecule has 4 aromatic rings. The van der Waals surface area contributed by atoms with Crippen LogP contribution < -0.4 is 5.32 Å². The second kappa shape index (κ2) is 10.9. The van der Waals surface area contributed by atoms with Gasteiger partial charge in [-0.1, -0.05) is 12.1 Å². The lowest BCUT2D eigenvalue weighted by Gasteiger charge is -2.07. The van der Waals surface area contributed by atoms with Crippen molar-refractivity contribution in [3.05, 3.63) is 102 Å². The van der Waals surface area contributed by atoms with Crippen molar-refractivity contribution in [2.24, 2.45) is 20.5 Å². The van der Waals surface area contributed by atoms with E-state index in [4.69, 9.17) is 4.55 Å². The van der Waals surface area contributed by atoms with Gasteiger partial charge in [-0.2, -0.15) is 28.9 Å². The molecule has 0 saturated carbocycles. The van der Waals surface area contributed by atoms with Crippen LogP contribution in [0, 0.1) is 6.92 Å². The summed E-state index contributed by atoms with van der Waals surface area (Å²) < 4.78 is 31.2. The van der Waals surface area contributed by atoms with Crippen molar-refractivity contribution in [2.45, 2.75) is 18.4 Å². The Morgan fingerprint density at radius 2 is 1.25 bits per heavy atom. The molecule has 0 aliphatic carbocycles. The van der Waals surface area contributed by atoms with Gasteiger partial charge in [0, 0.05) is 12.2 Å². The van der Waals surface area contributed by atoms with Gasteiger partial charge in [-0.25, -0.2) is 0 Å². The number of azo groups is 2. The number of aryl methyl sites for hydroxylation is 1. The van der Waals surface area contributed by atoms with Gasteiger partial charge in [-0.05, 0) is 96.9 Å². The zero-order valence-corrected chi connectivity index (χ0v) is 20.1. The van der Waals surface area contributed by atoms with E-state index in [9.17, 15) is 13.5 Å². The molecule has 10 heteroatoms. The third-order valence-corrected chi connectivity index (χ3v) is 6.04. The van der Waals surface area contributed by atoms with Gasteiger partial charge < -0.3 is 10.4 Å². The van der Waals surface area contributed by atoms with Crippen LogP contribution in [0.4, 0.5) is 28.4 Å². The molecule has 182 valence electrons. The molecule has 0 spiro atoms. The average molecular weight is 502 g/mol. The predicted octanol–water partition coefficient (Wildman–Crippen LogP) is 7.39. The van der Waals surface area contributed by atoms with E-state index in [1.165, 1.54) is 24.3 Å². The van der Waals surface area contributed by atoms with E-state index >= 15 is 0 Å². The summed E-state index contributed by atoms with van der Waals surface area (Å²) in [5, 5.41) is 29.5. The van der Waals surface area contributed by atoms with Gasteiger partial charge in [0.1, 0.15) is 5.75 Å². The maximum Gasteiger partial charge on any atom is 0.294 e. The summed E-state index contributed by atoms with van der Waals surface area (Å²) in [4.78, 5) is -0.194. The predicted molar refractivity (Wildman–Crippen MR) is 138 cm³/mol. The quantitative estimate of drug-likeness (QED) is 0.171. The fourth-order valence-electron chi connectivity index (χ4n) is 3.19. The molecule has 0 aliphatic heterocycles. The summed E-state index contributed by atoms with van der Waals surface area (Å²) in [7, 11) is -4.23. The van der Waals surface area contributed by atoms with Crippen molar-refractivity contribution in [1.82, 2.24) is 0 Å². The fraction of sp³-hybridized carbons (Fsp3) is 0.0769. The Balaban J connectivity index is 1.30. The highest BCUT2D eigenvalue weighted by molar-refractivity contribution is 7.85. The first kappa shape index (κ1) is 24.7. The normalized spacial score (nSPS) is 11.8. The fourth-order valence-corrected chi connectivity index (χ4v) is 3.67. The van der Waals surface area contributed by atoms with Crippen molar-refractivity contribution < 1.29 is 18.1 Å². The largest absolute Gasteiger partial charge is 0.508 e. The summed E-state index contributed by atoms with van der Waals surface area (Å²) in [6.45, 7) is 2.49. The highest BCUT2D eigenvalue weighted by atomic mass is 32.2. The molecule has 0 fully saturated rings. The molecule has 3 N–H and O–H groups in total. The molecular formula is C26H23N5O4S. The molecule has 36 heavy (non-hydrogen) atoms. The maximum atomic E-state index is 11.1. The van der Waals surface area contributed by atoms with E-state index in [1.54, 1.807) is 18.2 Å². The minimum Gasteiger partial charge on any atom is -0.508 e. The van der Waals surface area contributed by atoms with Crippen LogP contribution in [0.5, 0.6) is 5.75 Å². The van der Waals surface area contributed by atoms with Gasteiger partial charge in [0.05, 0.1) is 27.6 Å². The lowest BCUT2D eigenvalue weighted by atomic mass is 10.2. The number of rotatable bonds is 8. The summed E-state index contributed by atoms with van der Waals surface area (Å²) in [5.74, 6) is 0.202. The van der Waals surface area contributed by atoms with Gasteiger partial charge in [-0.3, -0.25) is 4.55 Å². The number of benzene rings is 4. The number of aromatic hydroxyl groups is 1. The molecule has 0 aromatic heterocycles. The zero-order chi connectivity index (χ0) is 25.5. The smallest absolute Gasteiger partial charge is 0.294 e. The molecule has 0 atom stereocenters. The number of phenolic OH excluding ortho intramolecular Hbond substituents is 1. The Labute approximate surface area is 208 Å². The molecular weight excluding hydrogens is 478 g/mol. The van der Waals surface area contributed by atoms with Crippen molar-refractivity contribution in [1.29, 1.82) is 0 Å². The Hall–Kier alpha value is -4.41. The molecule has 4 rings (SSSR count). The van der Waals surface area contributed by atoms with Crippen LogP contribution in [0.25, 0.3) is 0 Å². The number of nitrogens with zero attached hydrogens (tertiary/aromatic N) is 4. The monoisotopic (exact) mass is 501 g/mol. The molecule has 0 bridgehead atoms. The Morgan fingerprint density at radius 3 is 1.81 bits per heavy atom. The molecule has 0 unspecified atom stereocenters. The average Bonchev–Trinajstić information content (AvgIpc) is 2.87. The standard InChI is InChI=1S/C26H23N5O4S/c1-18-16-24(32)12-15-26(18)31-30-21-4-2-19(3-5-21)17-27-20-6-8-22(9-7-20)28-29-23-10-13-25(14-11-23)36(33,34)35/h2-16,27,32H,17H2,1H3,(H,33,34,35). The maximum absolute atomic E-state index is 11.1. The van der Waals surface area contributed by atoms with Crippen LogP contribution in [-0.2, 0) is 16.7 Å². The second-order valence-corrected chi connectivity index (χ2v) is 9.33. The first-order valence-corrected chi connectivity index (χ1v) is 12.3. The minimum atomic E-state index is -4.23. The molecule has 0 heterocycles. The van der Waals surface area contributed by atoms with Crippen LogP contribution in [0.1, 0.15) is 11.1 Å². The SMILES string of the molecule is Cc1cc(O)ccc1N=Nc1ccc(CNc2ccc(N=Nc3ccc(S(=O)(=O)O)cc3)cc2)cc1. The third kappa shape index (κ3) is 6.81. The Bertz CT molecular complexity index is 1500. The number of nitrogens with one attached hydrogen (secondary N) is 1. The van der Waals surface area contributed by atoms with Crippen molar-refractivity contribution >= 4 is 38.6 Å². The highest BCUT2D eigenvalue weighted by Gasteiger charge is 2.08. The second-order valence-electron chi connectivity index (χ2n) is 7.91. The zero-order valence-electron chi connectivity index (χ0n) is 19.3. The molecule has 0 aliphatic rings. The molecule has 0 radical (unpaired) electrons. The van der Waals surface area contributed by atoms with Crippen LogP contribution >= 0.6 is 0 Å². The van der Waals surface area contributed by atoms with Crippen molar-refractivity contribution in [2.75, 3.05) is 5.32 Å². The van der Waals surface area contributed by atoms with E-state index in [1.807, 2.05) is 55.5 Å². The lowest BCUT2D eigenvalue weighted by Crippen LogP contribution is -1.98. The van der Waals surface area contributed by atoms with Gasteiger partial charge >= 0.3 is 0 Å². The van der Waals surface area contributed by atoms with E-state index < -0.39 is 10.1 Å².